The molecule has 2 aromatic heterocycles. The molecule has 0 N–H and O–H groups in total. The standard InChI is InChI=1S/C10H12ClN3.C2H6/c1-6(2)14-9-4-10(11)12-5-8(9)7(3)13-14;1-2/h4-6H,1-3H3;1-2H3. The Morgan fingerprint density at radius 1 is 1.31 bits per heavy atom. The van der Waals surface area contributed by atoms with Crippen LogP contribution >= 0.6 is 11.6 Å². The molecule has 0 bridgehead atoms. The van der Waals surface area contributed by atoms with Crippen molar-refractivity contribution in [3.8, 4) is 0 Å². The predicted octanol–water partition coefficient (Wildman–Crippen LogP) is 4.00. The molecule has 3 nitrogen and oxygen atoms in total. The predicted molar refractivity (Wildman–Crippen MR) is 69.0 cm³/mol. The zero-order valence-electron chi connectivity index (χ0n) is 10.5. The summed E-state index contributed by atoms with van der Waals surface area (Å²) in [7, 11) is 0. The lowest BCUT2D eigenvalue weighted by molar-refractivity contribution is 0.547. The van der Waals surface area contributed by atoms with E-state index in [1.54, 1.807) is 6.20 Å². The maximum atomic E-state index is 5.85. The summed E-state index contributed by atoms with van der Waals surface area (Å²) >= 11 is 5.85. The van der Waals surface area contributed by atoms with Gasteiger partial charge in [-0.05, 0) is 20.8 Å². The molecule has 0 amide bonds. The summed E-state index contributed by atoms with van der Waals surface area (Å²) in [5.41, 5.74) is 2.05. The molecule has 0 atom stereocenters. The lowest BCUT2D eigenvalue weighted by atomic mass is 10.2. The number of fused-ring (bicyclic) bond motifs is 1. The lowest BCUT2D eigenvalue weighted by Crippen LogP contribution is -2.02. The van der Waals surface area contributed by atoms with Gasteiger partial charge in [0.05, 0.1) is 11.2 Å². The third kappa shape index (κ3) is 2.35. The van der Waals surface area contributed by atoms with Crippen molar-refractivity contribution in [2.75, 3.05) is 0 Å². The van der Waals surface area contributed by atoms with Crippen molar-refractivity contribution in [1.82, 2.24) is 14.8 Å². The van der Waals surface area contributed by atoms with Crippen LogP contribution in [0.25, 0.3) is 10.9 Å². The second-order valence-corrected chi connectivity index (χ2v) is 4.04. The molecular weight excluding hydrogens is 222 g/mol. The zero-order chi connectivity index (χ0) is 12.3. The highest BCUT2D eigenvalue weighted by Gasteiger charge is 2.10. The van der Waals surface area contributed by atoms with Gasteiger partial charge in [-0.2, -0.15) is 5.10 Å². The van der Waals surface area contributed by atoms with Crippen LogP contribution in [0.15, 0.2) is 12.3 Å². The molecule has 88 valence electrons. The van der Waals surface area contributed by atoms with E-state index in [0.29, 0.717) is 11.2 Å². The minimum absolute atomic E-state index is 0.338. The first-order valence-electron chi connectivity index (χ1n) is 5.60. The molecule has 0 aliphatic carbocycles. The fourth-order valence-corrected chi connectivity index (χ4v) is 1.70. The van der Waals surface area contributed by atoms with Gasteiger partial charge in [0.25, 0.3) is 0 Å². The summed E-state index contributed by atoms with van der Waals surface area (Å²) in [6, 6.07) is 2.20. The molecule has 0 aromatic carbocycles. The quantitative estimate of drug-likeness (QED) is 0.705. The zero-order valence-corrected chi connectivity index (χ0v) is 11.2. The van der Waals surface area contributed by atoms with E-state index in [2.05, 4.69) is 23.9 Å². The number of hydrogen-bond donors (Lipinski definition) is 0. The van der Waals surface area contributed by atoms with Gasteiger partial charge in [0.1, 0.15) is 5.15 Å². The molecule has 0 fully saturated rings. The number of hydrogen-bond acceptors (Lipinski definition) is 2. The van der Waals surface area contributed by atoms with Gasteiger partial charge in [0, 0.05) is 23.7 Å². The van der Waals surface area contributed by atoms with Gasteiger partial charge in [-0.1, -0.05) is 25.4 Å². The normalized spacial score (nSPS) is 10.4. The number of pyridine rings is 1. The van der Waals surface area contributed by atoms with E-state index in [9.17, 15) is 0 Å². The molecule has 16 heavy (non-hydrogen) atoms. The van der Waals surface area contributed by atoms with Gasteiger partial charge in [-0.15, -0.1) is 0 Å². The summed E-state index contributed by atoms with van der Waals surface area (Å²) in [6.07, 6.45) is 1.78. The molecular formula is C12H18ClN3. The summed E-state index contributed by atoms with van der Waals surface area (Å²) in [4.78, 5) is 4.05. The van der Waals surface area contributed by atoms with Crippen LogP contribution in [0, 0.1) is 6.92 Å². The molecule has 0 unspecified atom stereocenters. The molecule has 0 radical (unpaired) electrons. The first kappa shape index (κ1) is 13.0. The molecule has 0 aliphatic heterocycles. The Labute approximate surface area is 101 Å². The fraction of sp³-hybridized carbons (Fsp3) is 0.500. The fourth-order valence-electron chi connectivity index (χ4n) is 1.55. The van der Waals surface area contributed by atoms with Crippen molar-refractivity contribution in [3.05, 3.63) is 23.1 Å². The largest absolute Gasteiger partial charge is 0.262 e. The first-order valence-corrected chi connectivity index (χ1v) is 5.97. The van der Waals surface area contributed by atoms with E-state index >= 15 is 0 Å². The molecule has 0 saturated heterocycles. The molecule has 2 aromatic rings. The van der Waals surface area contributed by atoms with Crippen molar-refractivity contribution in [2.24, 2.45) is 0 Å². The Morgan fingerprint density at radius 3 is 2.50 bits per heavy atom. The first-order chi connectivity index (χ1) is 7.59. The molecule has 4 heteroatoms. The van der Waals surface area contributed by atoms with Crippen LogP contribution in [0.5, 0.6) is 0 Å². The lowest BCUT2D eigenvalue weighted by Gasteiger charge is -2.06. The summed E-state index contributed by atoms with van der Waals surface area (Å²) < 4.78 is 1.97. The van der Waals surface area contributed by atoms with Crippen molar-refractivity contribution in [3.63, 3.8) is 0 Å². The van der Waals surface area contributed by atoms with E-state index < -0.39 is 0 Å². The van der Waals surface area contributed by atoms with Gasteiger partial charge >= 0.3 is 0 Å². The molecule has 2 heterocycles. The summed E-state index contributed by atoms with van der Waals surface area (Å²) in [6.45, 7) is 10.2. The number of nitrogens with zero attached hydrogens (tertiary/aromatic N) is 3. The van der Waals surface area contributed by atoms with Crippen LogP contribution in [0.1, 0.15) is 39.4 Å². The SMILES string of the molecule is CC.Cc1nn(C(C)C)c2cc(Cl)ncc12. The molecule has 0 spiro atoms. The van der Waals surface area contributed by atoms with E-state index in [1.807, 2.05) is 31.5 Å². The summed E-state index contributed by atoms with van der Waals surface area (Å²) in [5, 5.41) is 6.03. The van der Waals surface area contributed by atoms with Gasteiger partial charge in [-0.3, -0.25) is 4.68 Å². The number of aryl methyl sites for hydroxylation is 1. The van der Waals surface area contributed by atoms with Crippen LogP contribution in [0.2, 0.25) is 5.15 Å². The van der Waals surface area contributed by atoms with Crippen molar-refractivity contribution in [1.29, 1.82) is 0 Å². The van der Waals surface area contributed by atoms with Crippen molar-refractivity contribution < 1.29 is 0 Å². The third-order valence-corrected chi connectivity index (χ3v) is 2.44. The van der Waals surface area contributed by atoms with Crippen molar-refractivity contribution in [2.45, 2.75) is 40.7 Å². The summed E-state index contributed by atoms with van der Waals surface area (Å²) in [5.74, 6) is 0. The smallest absolute Gasteiger partial charge is 0.131 e. The second-order valence-electron chi connectivity index (χ2n) is 3.65. The Kier molecular flexibility index (Phi) is 4.30. The van der Waals surface area contributed by atoms with E-state index in [4.69, 9.17) is 11.6 Å². The average Bonchev–Trinajstić information content (AvgIpc) is 2.58. The Bertz CT molecular complexity index is 474. The minimum Gasteiger partial charge on any atom is -0.262 e. The highest BCUT2D eigenvalue weighted by Crippen LogP contribution is 2.22. The van der Waals surface area contributed by atoms with Crippen molar-refractivity contribution >= 4 is 22.5 Å². The van der Waals surface area contributed by atoms with Gasteiger partial charge in [0.2, 0.25) is 0 Å². The third-order valence-electron chi connectivity index (χ3n) is 2.23. The maximum Gasteiger partial charge on any atom is 0.131 e. The Hall–Kier alpha value is -1.09. The monoisotopic (exact) mass is 239 g/mol. The number of halogens is 1. The highest BCUT2D eigenvalue weighted by atomic mass is 35.5. The van der Waals surface area contributed by atoms with Crippen LogP contribution in [0.4, 0.5) is 0 Å². The van der Waals surface area contributed by atoms with E-state index in [-0.39, 0.29) is 0 Å². The topological polar surface area (TPSA) is 30.7 Å². The van der Waals surface area contributed by atoms with E-state index in [1.165, 1.54) is 0 Å². The number of rotatable bonds is 1. The van der Waals surface area contributed by atoms with Gasteiger partial charge in [0.15, 0.2) is 0 Å². The second kappa shape index (κ2) is 5.30. The van der Waals surface area contributed by atoms with Gasteiger partial charge in [-0.25, -0.2) is 4.98 Å². The van der Waals surface area contributed by atoms with Crippen LogP contribution in [-0.2, 0) is 0 Å². The van der Waals surface area contributed by atoms with Crippen LogP contribution in [-0.4, -0.2) is 14.8 Å². The number of aromatic nitrogens is 3. The van der Waals surface area contributed by atoms with Gasteiger partial charge < -0.3 is 0 Å². The van der Waals surface area contributed by atoms with E-state index in [0.717, 1.165) is 16.6 Å². The Balaban J connectivity index is 0.000000606. The highest BCUT2D eigenvalue weighted by molar-refractivity contribution is 6.30. The molecule has 2 rings (SSSR count). The maximum absolute atomic E-state index is 5.85. The van der Waals surface area contributed by atoms with Crippen LogP contribution in [0.3, 0.4) is 0 Å². The molecule has 0 aliphatic rings. The minimum atomic E-state index is 0.338. The Morgan fingerprint density at radius 2 is 1.94 bits per heavy atom. The van der Waals surface area contributed by atoms with Crippen LogP contribution < -0.4 is 0 Å². The average molecular weight is 240 g/mol. The molecule has 0 saturated carbocycles.